The Kier molecular flexibility index (Phi) is 8.93. The van der Waals surface area contributed by atoms with Gasteiger partial charge in [-0.1, -0.05) is 24.3 Å². The van der Waals surface area contributed by atoms with E-state index in [1.54, 1.807) is 56.5 Å². The van der Waals surface area contributed by atoms with Crippen LogP contribution in [0.15, 0.2) is 65.5 Å². The van der Waals surface area contributed by atoms with E-state index in [2.05, 4.69) is 15.7 Å². The zero-order valence-electron chi connectivity index (χ0n) is 19.2. The lowest BCUT2D eigenvalue weighted by atomic mass is 10.1. The minimum atomic E-state index is -0.542. The summed E-state index contributed by atoms with van der Waals surface area (Å²) in [6.07, 6.45) is 0.185. The van der Waals surface area contributed by atoms with Crippen LogP contribution in [-0.4, -0.2) is 48.6 Å². The molecular weight excluding hydrogens is 436 g/mol. The molecule has 0 unspecified atom stereocenters. The Hall–Kier alpha value is -3.98. The number of anilines is 1. The molecule has 178 valence electrons. The van der Waals surface area contributed by atoms with Gasteiger partial charge in [0, 0.05) is 43.1 Å². The number of ether oxygens (including phenoxy) is 2. The number of methoxy groups -OCH3 is 1. The fourth-order valence-corrected chi connectivity index (χ4v) is 3.26. The third-order valence-electron chi connectivity index (χ3n) is 4.88. The Morgan fingerprint density at radius 1 is 1.06 bits per heavy atom. The van der Waals surface area contributed by atoms with E-state index in [1.807, 2.05) is 12.1 Å². The maximum absolute atomic E-state index is 12.4. The Balaban J connectivity index is 1.76. The molecule has 0 aliphatic carbocycles. The minimum absolute atomic E-state index is 0.183. The van der Waals surface area contributed by atoms with Crippen LogP contribution < -0.4 is 16.2 Å². The van der Waals surface area contributed by atoms with Crippen LogP contribution in [0.1, 0.15) is 29.3 Å². The van der Waals surface area contributed by atoms with Gasteiger partial charge in [0.15, 0.2) is 0 Å². The van der Waals surface area contributed by atoms with Gasteiger partial charge >= 0.3 is 6.09 Å². The summed E-state index contributed by atoms with van der Waals surface area (Å²) in [5.41, 5.74) is 2.87. The van der Waals surface area contributed by atoms with E-state index >= 15 is 0 Å². The van der Waals surface area contributed by atoms with Crippen molar-refractivity contribution in [2.45, 2.75) is 19.9 Å². The molecular formula is C25H28N4O5. The molecule has 34 heavy (non-hydrogen) atoms. The number of hydrogen-bond donors (Lipinski definition) is 2. The summed E-state index contributed by atoms with van der Waals surface area (Å²) in [5, 5.41) is 9.99. The van der Waals surface area contributed by atoms with Crippen LogP contribution in [-0.2, 0) is 16.0 Å². The Labute approximate surface area is 197 Å². The number of benzene rings is 2. The van der Waals surface area contributed by atoms with Crippen molar-refractivity contribution >= 4 is 17.7 Å². The molecule has 3 rings (SSSR count). The van der Waals surface area contributed by atoms with Gasteiger partial charge in [0.05, 0.1) is 18.8 Å². The summed E-state index contributed by atoms with van der Waals surface area (Å²) in [7, 11) is 1.62. The molecule has 0 atom stereocenters. The quantitative estimate of drug-likeness (QED) is 0.446. The molecule has 0 aliphatic heterocycles. The first-order chi connectivity index (χ1) is 16.5. The molecule has 0 radical (unpaired) electrons. The molecule has 1 heterocycles. The summed E-state index contributed by atoms with van der Waals surface area (Å²) >= 11 is 0. The predicted molar refractivity (Wildman–Crippen MR) is 129 cm³/mol. The second kappa shape index (κ2) is 12.3. The van der Waals surface area contributed by atoms with Crippen molar-refractivity contribution in [3.63, 3.8) is 0 Å². The van der Waals surface area contributed by atoms with E-state index in [0.29, 0.717) is 30.1 Å². The van der Waals surface area contributed by atoms with Crippen LogP contribution in [0.25, 0.3) is 11.3 Å². The van der Waals surface area contributed by atoms with Crippen molar-refractivity contribution in [1.29, 1.82) is 0 Å². The maximum atomic E-state index is 12.4. The first-order valence-corrected chi connectivity index (χ1v) is 11.0. The molecule has 2 aromatic carbocycles. The number of rotatable bonds is 10. The van der Waals surface area contributed by atoms with Gasteiger partial charge in [-0.3, -0.25) is 14.9 Å². The molecule has 9 nitrogen and oxygen atoms in total. The second-order valence-corrected chi connectivity index (χ2v) is 7.44. The molecule has 2 N–H and O–H groups in total. The van der Waals surface area contributed by atoms with Crippen molar-refractivity contribution < 1.29 is 19.1 Å². The highest BCUT2D eigenvalue weighted by molar-refractivity contribution is 5.95. The second-order valence-electron chi connectivity index (χ2n) is 7.44. The number of hydrogen-bond acceptors (Lipinski definition) is 6. The van der Waals surface area contributed by atoms with Crippen LogP contribution in [0.2, 0.25) is 0 Å². The van der Waals surface area contributed by atoms with Crippen molar-refractivity contribution in [2.75, 3.05) is 32.2 Å². The summed E-state index contributed by atoms with van der Waals surface area (Å²) in [5.74, 6) is -0.183. The lowest BCUT2D eigenvalue weighted by Crippen LogP contribution is -2.25. The summed E-state index contributed by atoms with van der Waals surface area (Å²) in [6, 6.07) is 17.3. The van der Waals surface area contributed by atoms with Gasteiger partial charge in [-0.2, -0.15) is 5.10 Å². The molecule has 0 spiro atoms. The standard InChI is InChI=1S/C25H28N4O5/c1-3-34-25(32)27-21-10-4-7-18(15-21)17-29-23(30)12-11-22(28-29)19-8-5-9-20(16-19)24(31)26-13-6-14-33-2/h4-5,7-12,15-16H,3,6,13-14,17H2,1-2H3,(H,26,31)(H,27,32). The highest BCUT2D eigenvalue weighted by atomic mass is 16.5. The maximum Gasteiger partial charge on any atom is 0.411 e. The van der Waals surface area contributed by atoms with Crippen LogP contribution in [0, 0.1) is 0 Å². The molecule has 3 aromatic rings. The first kappa shape index (κ1) is 24.7. The van der Waals surface area contributed by atoms with Crippen LogP contribution in [0.3, 0.4) is 0 Å². The van der Waals surface area contributed by atoms with E-state index < -0.39 is 6.09 Å². The Morgan fingerprint density at radius 3 is 2.68 bits per heavy atom. The number of carbonyl (C=O) groups excluding carboxylic acids is 2. The summed E-state index contributed by atoms with van der Waals surface area (Å²) in [6.45, 7) is 3.31. The number of nitrogens with zero attached hydrogens (tertiary/aromatic N) is 2. The molecule has 0 saturated heterocycles. The zero-order chi connectivity index (χ0) is 24.3. The van der Waals surface area contributed by atoms with E-state index in [-0.39, 0.29) is 24.6 Å². The van der Waals surface area contributed by atoms with Crippen molar-refractivity contribution in [3.05, 3.63) is 82.1 Å². The summed E-state index contributed by atoms with van der Waals surface area (Å²) in [4.78, 5) is 36.5. The summed E-state index contributed by atoms with van der Waals surface area (Å²) < 4.78 is 11.2. The van der Waals surface area contributed by atoms with E-state index in [9.17, 15) is 14.4 Å². The van der Waals surface area contributed by atoms with Crippen LogP contribution in [0.4, 0.5) is 10.5 Å². The van der Waals surface area contributed by atoms with Gasteiger partial charge in [0.2, 0.25) is 0 Å². The van der Waals surface area contributed by atoms with Crippen molar-refractivity contribution in [1.82, 2.24) is 15.1 Å². The van der Waals surface area contributed by atoms with Gasteiger partial charge in [-0.05, 0) is 49.2 Å². The largest absolute Gasteiger partial charge is 0.450 e. The average molecular weight is 465 g/mol. The third kappa shape index (κ3) is 7.01. The van der Waals surface area contributed by atoms with Gasteiger partial charge in [0.25, 0.3) is 11.5 Å². The van der Waals surface area contributed by atoms with E-state index in [1.165, 1.54) is 10.7 Å². The molecule has 1 aromatic heterocycles. The fourth-order valence-electron chi connectivity index (χ4n) is 3.26. The highest BCUT2D eigenvalue weighted by Gasteiger charge is 2.10. The van der Waals surface area contributed by atoms with Crippen molar-refractivity contribution in [3.8, 4) is 11.3 Å². The predicted octanol–water partition coefficient (Wildman–Crippen LogP) is 3.29. The zero-order valence-corrected chi connectivity index (χ0v) is 19.2. The smallest absolute Gasteiger partial charge is 0.411 e. The fraction of sp³-hybridized carbons (Fsp3) is 0.280. The molecule has 0 aliphatic rings. The van der Waals surface area contributed by atoms with Gasteiger partial charge in [0.1, 0.15) is 0 Å². The van der Waals surface area contributed by atoms with E-state index in [4.69, 9.17) is 9.47 Å². The first-order valence-electron chi connectivity index (χ1n) is 11.0. The van der Waals surface area contributed by atoms with Gasteiger partial charge in [-0.15, -0.1) is 0 Å². The van der Waals surface area contributed by atoms with Crippen LogP contribution >= 0.6 is 0 Å². The molecule has 9 heteroatoms. The molecule has 2 amide bonds. The highest BCUT2D eigenvalue weighted by Crippen LogP contribution is 2.18. The number of carbonyl (C=O) groups is 2. The third-order valence-corrected chi connectivity index (χ3v) is 4.88. The SMILES string of the molecule is CCOC(=O)Nc1cccc(Cn2nc(-c3cccc(C(=O)NCCCOC)c3)ccc2=O)c1. The lowest BCUT2D eigenvalue weighted by molar-refractivity contribution is 0.0948. The number of amides is 2. The average Bonchev–Trinajstić information content (AvgIpc) is 2.83. The topological polar surface area (TPSA) is 112 Å². The molecule has 0 saturated carbocycles. The van der Waals surface area contributed by atoms with E-state index in [0.717, 1.165) is 17.5 Å². The molecule has 0 bridgehead atoms. The number of nitrogens with one attached hydrogen (secondary N) is 2. The van der Waals surface area contributed by atoms with Gasteiger partial charge in [-0.25, -0.2) is 9.48 Å². The number of aromatic nitrogens is 2. The minimum Gasteiger partial charge on any atom is -0.450 e. The van der Waals surface area contributed by atoms with Crippen LogP contribution in [0.5, 0.6) is 0 Å². The normalized spacial score (nSPS) is 10.5. The van der Waals surface area contributed by atoms with Crippen molar-refractivity contribution in [2.24, 2.45) is 0 Å². The lowest BCUT2D eigenvalue weighted by Gasteiger charge is -2.10. The van der Waals surface area contributed by atoms with Gasteiger partial charge < -0.3 is 14.8 Å². The Morgan fingerprint density at radius 2 is 1.88 bits per heavy atom. The Bertz CT molecular complexity index is 1190. The molecule has 0 fully saturated rings. The monoisotopic (exact) mass is 464 g/mol.